The Balaban J connectivity index is 1.56. The zero-order chi connectivity index (χ0) is 25.1. The summed E-state index contributed by atoms with van der Waals surface area (Å²) in [5.41, 5.74) is 3.89. The van der Waals surface area contributed by atoms with E-state index in [2.05, 4.69) is 20.2 Å². The minimum atomic E-state index is -4.92. The average Bonchev–Trinajstić information content (AvgIpc) is 2.83. The van der Waals surface area contributed by atoms with Gasteiger partial charge in [-0.3, -0.25) is 19.6 Å². The first-order valence-corrected chi connectivity index (χ1v) is 11.7. The number of carbonyl (C=O) groups excluding carboxylic acids is 1. The van der Waals surface area contributed by atoms with E-state index in [4.69, 9.17) is 4.84 Å². The first-order chi connectivity index (χ1) is 16.6. The summed E-state index contributed by atoms with van der Waals surface area (Å²) in [7, 11) is -4.32. The summed E-state index contributed by atoms with van der Waals surface area (Å²) < 4.78 is 68.8. The summed E-state index contributed by atoms with van der Waals surface area (Å²) in [6.45, 7) is -0.202. The van der Waals surface area contributed by atoms with Gasteiger partial charge in [0, 0.05) is 18.8 Å². The minimum absolute atomic E-state index is 0.0586. The maximum Gasteiger partial charge on any atom is 0.573 e. The second-order valence-corrected chi connectivity index (χ2v) is 9.37. The van der Waals surface area contributed by atoms with Crippen molar-refractivity contribution in [2.45, 2.75) is 36.9 Å². The van der Waals surface area contributed by atoms with Crippen LogP contribution in [0.5, 0.6) is 5.75 Å². The topological polar surface area (TPSA) is 111 Å². The van der Waals surface area contributed by atoms with Crippen LogP contribution >= 0.6 is 0 Å². The number of aromatic nitrogens is 2. The summed E-state index contributed by atoms with van der Waals surface area (Å²) in [5.74, 6) is -1.30. The number of hydroxylamine groups is 1. The van der Waals surface area contributed by atoms with Gasteiger partial charge in [0.2, 0.25) is 10.0 Å². The van der Waals surface area contributed by atoms with Crippen molar-refractivity contribution < 1.29 is 36.0 Å². The van der Waals surface area contributed by atoms with E-state index in [1.807, 2.05) is 6.07 Å². The molecule has 2 aromatic carbocycles. The fourth-order valence-corrected chi connectivity index (χ4v) is 5.05. The Hall–Kier alpha value is -3.55. The third-order valence-corrected chi connectivity index (χ3v) is 6.99. The van der Waals surface area contributed by atoms with E-state index in [0.717, 1.165) is 34.1 Å². The van der Waals surface area contributed by atoms with E-state index in [0.29, 0.717) is 11.4 Å². The average molecular weight is 508 g/mol. The van der Waals surface area contributed by atoms with E-state index in [1.165, 1.54) is 12.4 Å². The number of ether oxygens (including phenoxy) is 1. The highest BCUT2D eigenvalue weighted by atomic mass is 32.2. The molecule has 0 radical (unpaired) electrons. The molecule has 9 nitrogen and oxygen atoms in total. The first-order valence-electron chi connectivity index (χ1n) is 10.3. The van der Waals surface area contributed by atoms with Gasteiger partial charge in [0.1, 0.15) is 11.8 Å². The van der Waals surface area contributed by atoms with E-state index < -0.39 is 34.1 Å². The number of nitrogens with one attached hydrogen (secondary N) is 1. The van der Waals surface area contributed by atoms with Crippen LogP contribution in [0.25, 0.3) is 0 Å². The van der Waals surface area contributed by atoms with Gasteiger partial charge in [-0.25, -0.2) is 13.9 Å². The lowest BCUT2D eigenvalue weighted by Gasteiger charge is -2.33. The lowest BCUT2D eigenvalue weighted by atomic mass is 10.0. The summed E-state index contributed by atoms with van der Waals surface area (Å²) in [5, 5.41) is 0. The van der Waals surface area contributed by atoms with Crippen molar-refractivity contribution >= 4 is 15.9 Å². The second-order valence-electron chi connectivity index (χ2n) is 7.48. The monoisotopic (exact) mass is 508 g/mol. The van der Waals surface area contributed by atoms with Gasteiger partial charge in [-0.15, -0.1) is 13.2 Å². The zero-order valence-corrected chi connectivity index (χ0v) is 18.8. The molecule has 2 heterocycles. The number of hydrogen-bond donors (Lipinski definition) is 1. The third kappa shape index (κ3) is 5.93. The molecular weight excluding hydrogens is 489 g/mol. The number of amides is 1. The van der Waals surface area contributed by atoms with E-state index in [1.54, 1.807) is 24.3 Å². The number of hydrogen-bond acceptors (Lipinski definition) is 7. The van der Waals surface area contributed by atoms with Gasteiger partial charge >= 0.3 is 6.36 Å². The molecule has 13 heteroatoms. The maximum atomic E-state index is 13.4. The van der Waals surface area contributed by atoms with Crippen LogP contribution in [0.1, 0.15) is 17.0 Å². The summed E-state index contributed by atoms with van der Waals surface area (Å²) in [6.07, 6.45) is -2.16. The fourth-order valence-electron chi connectivity index (χ4n) is 3.50. The molecule has 0 bridgehead atoms. The van der Waals surface area contributed by atoms with Crippen molar-refractivity contribution in [1.29, 1.82) is 0 Å². The van der Waals surface area contributed by atoms with Crippen LogP contribution in [0.3, 0.4) is 0 Å². The number of benzene rings is 2. The van der Waals surface area contributed by atoms with E-state index in [-0.39, 0.29) is 24.5 Å². The molecule has 0 saturated heterocycles. The molecule has 1 aromatic heterocycles. The molecule has 1 unspecified atom stereocenters. The maximum absolute atomic E-state index is 13.4. The van der Waals surface area contributed by atoms with Gasteiger partial charge in [-0.1, -0.05) is 30.3 Å². The zero-order valence-electron chi connectivity index (χ0n) is 18.0. The predicted octanol–water partition coefficient (Wildman–Crippen LogP) is 2.74. The Morgan fingerprint density at radius 2 is 1.69 bits per heavy atom. The molecule has 0 fully saturated rings. The van der Waals surface area contributed by atoms with Gasteiger partial charge in [0.15, 0.2) is 0 Å². The summed E-state index contributed by atoms with van der Waals surface area (Å²) in [6, 6.07) is 11.5. The van der Waals surface area contributed by atoms with E-state index >= 15 is 0 Å². The number of alkyl halides is 3. The van der Waals surface area contributed by atoms with Crippen molar-refractivity contribution in [1.82, 2.24) is 19.8 Å². The quantitative estimate of drug-likeness (QED) is 0.489. The third-order valence-electron chi connectivity index (χ3n) is 5.12. The Labute approximate surface area is 198 Å². The van der Waals surface area contributed by atoms with Crippen molar-refractivity contribution in [3.63, 3.8) is 0 Å². The van der Waals surface area contributed by atoms with Gasteiger partial charge in [0.05, 0.1) is 29.4 Å². The lowest BCUT2D eigenvalue weighted by molar-refractivity contribution is -0.274. The smallest absolute Gasteiger partial charge is 0.406 e. The molecule has 184 valence electrons. The van der Waals surface area contributed by atoms with Crippen LogP contribution in [-0.2, 0) is 39.2 Å². The highest BCUT2D eigenvalue weighted by Gasteiger charge is 2.41. The lowest BCUT2D eigenvalue weighted by Crippen LogP contribution is -2.52. The molecule has 0 aliphatic carbocycles. The van der Waals surface area contributed by atoms with Gasteiger partial charge in [-0.05, 0) is 29.8 Å². The van der Waals surface area contributed by atoms with Crippen LogP contribution in [0.15, 0.2) is 71.9 Å². The molecule has 1 amide bonds. The second kappa shape index (κ2) is 9.98. The molecule has 4 rings (SSSR count). The Bertz CT molecular complexity index is 1290. The predicted molar refractivity (Wildman–Crippen MR) is 115 cm³/mol. The van der Waals surface area contributed by atoms with E-state index in [9.17, 15) is 26.4 Å². The SMILES string of the molecule is O=C(NOCc1ccccc1)C1Cc2nccnc2CN1S(=O)(=O)c1ccc(OC(F)(F)F)cc1. The summed E-state index contributed by atoms with van der Waals surface area (Å²) >= 11 is 0. The van der Waals surface area contributed by atoms with Gasteiger partial charge < -0.3 is 4.74 Å². The molecule has 0 spiro atoms. The molecule has 3 aromatic rings. The molecule has 1 aliphatic rings. The molecule has 35 heavy (non-hydrogen) atoms. The number of fused-ring (bicyclic) bond motifs is 1. The van der Waals surface area contributed by atoms with Crippen LogP contribution in [0, 0.1) is 0 Å². The van der Waals surface area contributed by atoms with Crippen molar-refractivity contribution in [3.8, 4) is 5.75 Å². The Kier molecular flexibility index (Phi) is 7.00. The number of nitrogens with zero attached hydrogens (tertiary/aromatic N) is 3. The van der Waals surface area contributed by atoms with Crippen LogP contribution in [0.2, 0.25) is 0 Å². The van der Waals surface area contributed by atoms with Crippen molar-refractivity contribution in [2.75, 3.05) is 0 Å². The van der Waals surface area contributed by atoms with Crippen molar-refractivity contribution in [2.24, 2.45) is 0 Å². The number of rotatable bonds is 7. The standard InChI is InChI=1S/C22H19F3N4O5S/c23-22(24,25)34-16-6-8-17(9-7-16)35(31,32)29-13-19-18(26-10-11-27-19)12-20(29)21(30)28-33-14-15-4-2-1-3-5-15/h1-11,20H,12-14H2,(H,28,30). The van der Waals surface area contributed by atoms with Crippen LogP contribution < -0.4 is 10.2 Å². The van der Waals surface area contributed by atoms with Crippen molar-refractivity contribution in [3.05, 3.63) is 83.9 Å². The highest BCUT2D eigenvalue weighted by molar-refractivity contribution is 7.89. The molecule has 1 N–H and O–H groups in total. The molecular formula is C22H19F3N4O5S. The summed E-state index contributed by atoms with van der Waals surface area (Å²) in [4.78, 5) is 26.3. The Morgan fingerprint density at radius 1 is 1.03 bits per heavy atom. The van der Waals surface area contributed by atoms with Gasteiger partial charge in [0.25, 0.3) is 5.91 Å². The first kappa shape index (κ1) is 24.6. The molecule has 1 atom stereocenters. The normalized spacial score (nSPS) is 16.4. The highest BCUT2D eigenvalue weighted by Crippen LogP contribution is 2.29. The molecule has 1 aliphatic heterocycles. The molecule has 0 saturated carbocycles. The van der Waals surface area contributed by atoms with Gasteiger partial charge in [-0.2, -0.15) is 4.31 Å². The largest absolute Gasteiger partial charge is 0.573 e. The number of carbonyl (C=O) groups is 1. The van der Waals surface area contributed by atoms with Crippen LogP contribution in [0.4, 0.5) is 13.2 Å². The minimum Gasteiger partial charge on any atom is -0.406 e. The fraction of sp³-hybridized carbons (Fsp3) is 0.227. The number of halogens is 3. The van der Waals surface area contributed by atoms with Crippen LogP contribution in [-0.4, -0.2) is 41.0 Å². The number of sulfonamides is 1. The Morgan fingerprint density at radius 3 is 2.34 bits per heavy atom.